The first-order valence-electron chi connectivity index (χ1n) is 11.5. The van der Waals surface area contributed by atoms with Gasteiger partial charge in [-0.25, -0.2) is 9.37 Å². The summed E-state index contributed by atoms with van der Waals surface area (Å²) < 4.78 is 15.3. The molecule has 7 heteroatoms. The minimum absolute atomic E-state index is 0.198. The summed E-state index contributed by atoms with van der Waals surface area (Å²) in [4.78, 5) is 11.3. The van der Waals surface area contributed by atoms with Crippen molar-refractivity contribution >= 4 is 22.4 Å². The largest absolute Gasteiger partial charge is 0.396 e. The van der Waals surface area contributed by atoms with Crippen molar-refractivity contribution in [1.82, 2.24) is 19.4 Å². The number of pyridine rings is 2. The Labute approximate surface area is 192 Å². The summed E-state index contributed by atoms with van der Waals surface area (Å²) in [5.41, 5.74) is 4.43. The summed E-state index contributed by atoms with van der Waals surface area (Å²) in [6, 6.07) is 15.8. The van der Waals surface area contributed by atoms with Gasteiger partial charge in [0.2, 0.25) is 0 Å². The maximum atomic E-state index is 13.1. The van der Waals surface area contributed by atoms with Gasteiger partial charge in [0.05, 0.1) is 29.8 Å². The van der Waals surface area contributed by atoms with Gasteiger partial charge in [-0.3, -0.25) is 9.88 Å². The van der Waals surface area contributed by atoms with Crippen LogP contribution in [0.1, 0.15) is 36.6 Å². The quantitative estimate of drug-likeness (QED) is 0.398. The van der Waals surface area contributed by atoms with E-state index in [0.29, 0.717) is 5.82 Å². The fourth-order valence-corrected chi connectivity index (χ4v) is 4.72. The van der Waals surface area contributed by atoms with Crippen LogP contribution in [0.15, 0.2) is 67.1 Å². The van der Waals surface area contributed by atoms with E-state index >= 15 is 0 Å². The summed E-state index contributed by atoms with van der Waals surface area (Å²) in [5, 5.41) is 13.7. The molecule has 33 heavy (non-hydrogen) atoms. The molecule has 0 bridgehead atoms. The molecule has 1 aliphatic heterocycles. The standard InChI is InChI=1S/C26H28FN5O/c27-20-8-11-26(29-15-20)30-21-9-10-23(28-16-21)25-7-3-12-32(25)18-19-17-31(13-4-14-33)24-6-2-1-5-22(19)24/h1-2,5-6,8-11,15-17,25,33H,3-4,7,12-14,18H2,(H,29,30). The lowest BCUT2D eigenvalue weighted by Gasteiger charge is -2.24. The zero-order valence-electron chi connectivity index (χ0n) is 18.5. The van der Waals surface area contributed by atoms with Gasteiger partial charge in [0.15, 0.2) is 0 Å². The van der Waals surface area contributed by atoms with Gasteiger partial charge in [0.1, 0.15) is 11.6 Å². The molecule has 170 valence electrons. The van der Waals surface area contributed by atoms with E-state index in [0.717, 1.165) is 50.3 Å². The number of anilines is 2. The molecule has 1 fully saturated rings. The number of benzene rings is 1. The number of nitrogens with zero attached hydrogens (tertiary/aromatic N) is 4. The average molecular weight is 446 g/mol. The van der Waals surface area contributed by atoms with E-state index in [-0.39, 0.29) is 18.5 Å². The SMILES string of the molecule is OCCCn1cc(CN2CCCC2c2ccc(Nc3ccc(F)cn3)cn2)c2ccccc21. The van der Waals surface area contributed by atoms with Gasteiger partial charge < -0.3 is 15.0 Å². The molecule has 2 N–H and O–H groups in total. The molecule has 0 amide bonds. The molecule has 5 rings (SSSR count). The second-order valence-corrected chi connectivity index (χ2v) is 8.53. The van der Waals surface area contributed by atoms with Gasteiger partial charge >= 0.3 is 0 Å². The summed E-state index contributed by atoms with van der Waals surface area (Å²) in [5.74, 6) is 0.234. The van der Waals surface area contributed by atoms with Crippen LogP contribution in [-0.4, -0.2) is 37.7 Å². The van der Waals surface area contributed by atoms with E-state index in [1.54, 1.807) is 6.07 Å². The second kappa shape index (κ2) is 9.68. The van der Waals surface area contributed by atoms with Gasteiger partial charge in [-0.2, -0.15) is 0 Å². The van der Waals surface area contributed by atoms with Crippen LogP contribution in [0.5, 0.6) is 0 Å². The number of likely N-dealkylation sites (tertiary alicyclic amines) is 1. The predicted octanol–water partition coefficient (Wildman–Crippen LogP) is 5.03. The summed E-state index contributed by atoms with van der Waals surface area (Å²) >= 11 is 0. The summed E-state index contributed by atoms with van der Waals surface area (Å²) in [7, 11) is 0. The first-order valence-corrected chi connectivity index (χ1v) is 11.5. The van der Waals surface area contributed by atoms with Crippen LogP contribution in [-0.2, 0) is 13.1 Å². The highest BCUT2D eigenvalue weighted by Gasteiger charge is 2.28. The van der Waals surface area contributed by atoms with Crippen molar-refractivity contribution in [3.8, 4) is 0 Å². The van der Waals surface area contributed by atoms with E-state index < -0.39 is 0 Å². The molecule has 1 unspecified atom stereocenters. The molecule has 1 saturated heterocycles. The Balaban J connectivity index is 1.32. The molecule has 4 aromatic rings. The van der Waals surface area contributed by atoms with Crippen LogP contribution >= 0.6 is 0 Å². The number of aromatic nitrogens is 3. The van der Waals surface area contributed by atoms with Crippen molar-refractivity contribution in [2.24, 2.45) is 0 Å². The molecular formula is C26H28FN5O. The molecular weight excluding hydrogens is 417 g/mol. The van der Waals surface area contributed by atoms with Crippen molar-refractivity contribution in [1.29, 1.82) is 0 Å². The number of halogens is 1. The first kappa shape index (κ1) is 21.6. The maximum Gasteiger partial charge on any atom is 0.141 e. The van der Waals surface area contributed by atoms with Crippen molar-refractivity contribution in [2.45, 2.75) is 38.4 Å². The Bertz CT molecular complexity index is 1210. The highest BCUT2D eigenvalue weighted by Crippen LogP contribution is 2.34. The van der Waals surface area contributed by atoms with Gasteiger partial charge in [-0.15, -0.1) is 0 Å². The van der Waals surface area contributed by atoms with Crippen LogP contribution in [0.4, 0.5) is 15.9 Å². The van der Waals surface area contributed by atoms with Gasteiger partial charge in [-0.05, 0) is 61.7 Å². The Kier molecular flexibility index (Phi) is 6.32. The summed E-state index contributed by atoms with van der Waals surface area (Å²) in [6.07, 6.45) is 8.24. The predicted molar refractivity (Wildman–Crippen MR) is 128 cm³/mol. The van der Waals surface area contributed by atoms with Crippen LogP contribution < -0.4 is 5.32 Å². The van der Waals surface area contributed by atoms with Gasteiger partial charge in [0.25, 0.3) is 0 Å². The van der Waals surface area contributed by atoms with Crippen molar-refractivity contribution in [3.63, 3.8) is 0 Å². The molecule has 1 aliphatic rings. The maximum absolute atomic E-state index is 13.1. The minimum atomic E-state index is -0.355. The van der Waals surface area contributed by atoms with Crippen molar-refractivity contribution < 1.29 is 9.50 Å². The molecule has 0 radical (unpaired) electrons. The van der Waals surface area contributed by atoms with Crippen molar-refractivity contribution in [2.75, 3.05) is 18.5 Å². The average Bonchev–Trinajstić information content (AvgIpc) is 3.45. The lowest BCUT2D eigenvalue weighted by atomic mass is 10.1. The Morgan fingerprint density at radius 2 is 1.97 bits per heavy atom. The third-order valence-corrected chi connectivity index (χ3v) is 6.29. The van der Waals surface area contributed by atoms with E-state index in [1.165, 1.54) is 28.7 Å². The normalized spacial score (nSPS) is 16.5. The highest BCUT2D eigenvalue weighted by atomic mass is 19.1. The molecule has 0 saturated carbocycles. The van der Waals surface area contributed by atoms with Crippen LogP contribution in [0.25, 0.3) is 10.9 Å². The smallest absolute Gasteiger partial charge is 0.141 e. The number of hydrogen-bond donors (Lipinski definition) is 2. The Morgan fingerprint density at radius 3 is 2.76 bits per heavy atom. The first-order chi connectivity index (χ1) is 16.2. The number of aryl methyl sites for hydroxylation is 1. The van der Waals surface area contributed by atoms with Gasteiger partial charge in [0, 0.05) is 36.8 Å². The number of rotatable bonds is 8. The number of nitrogens with one attached hydrogen (secondary N) is 1. The monoisotopic (exact) mass is 445 g/mol. The molecule has 4 heterocycles. The number of hydrogen-bond acceptors (Lipinski definition) is 5. The lowest BCUT2D eigenvalue weighted by molar-refractivity contribution is 0.245. The zero-order valence-corrected chi connectivity index (χ0v) is 18.5. The molecule has 0 aliphatic carbocycles. The number of aliphatic hydroxyl groups excluding tert-OH is 1. The molecule has 3 aromatic heterocycles. The van der Waals surface area contributed by atoms with E-state index in [4.69, 9.17) is 4.98 Å². The van der Waals surface area contributed by atoms with E-state index in [2.05, 4.69) is 56.3 Å². The number of para-hydroxylation sites is 1. The number of aliphatic hydroxyl groups is 1. The van der Waals surface area contributed by atoms with E-state index in [9.17, 15) is 9.50 Å². The number of fused-ring (bicyclic) bond motifs is 1. The summed E-state index contributed by atoms with van der Waals surface area (Å²) in [6.45, 7) is 2.93. The minimum Gasteiger partial charge on any atom is -0.396 e. The van der Waals surface area contributed by atoms with Crippen LogP contribution in [0, 0.1) is 5.82 Å². The Hall–Kier alpha value is -3.29. The molecule has 6 nitrogen and oxygen atoms in total. The molecule has 0 spiro atoms. The third kappa shape index (κ3) is 4.74. The molecule has 1 aromatic carbocycles. The topological polar surface area (TPSA) is 66.2 Å². The van der Waals surface area contributed by atoms with Crippen LogP contribution in [0.3, 0.4) is 0 Å². The fraction of sp³-hybridized carbons (Fsp3) is 0.308. The second-order valence-electron chi connectivity index (χ2n) is 8.53. The highest BCUT2D eigenvalue weighted by molar-refractivity contribution is 5.84. The third-order valence-electron chi connectivity index (χ3n) is 6.29. The zero-order chi connectivity index (χ0) is 22.6. The molecule has 1 atom stereocenters. The lowest BCUT2D eigenvalue weighted by Crippen LogP contribution is -2.23. The Morgan fingerprint density at radius 1 is 1.06 bits per heavy atom. The van der Waals surface area contributed by atoms with Crippen LogP contribution in [0.2, 0.25) is 0 Å². The fourth-order valence-electron chi connectivity index (χ4n) is 4.72. The van der Waals surface area contributed by atoms with Gasteiger partial charge in [-0.1, -0.05) is 18.2 Å². The van der Waals surface area contributed by atoms with Crippen molar-refractivity contribution in [3.05, 3.63) is 84.2 Å². The van der Waals surface area contributed by atoms with E-state index in [1.807, 2.05) is 12.3 Å².